The Balaban J connectivity index is 1.72. The van der Waals surface area contributed by atoms with Gasteiger partial charge >= 0.3 is 0 Å². The van der Waals surface area contributed by atoms with Gasteiger partial charge in [-0.1, -0.05) is 0 Å². The molecule has 2 N–H and O–H groups in total. The summed E-state index contributed by atoms with van der Waals surface area (Å²) < 4.78 is 30.3. The average Bonchev–Trinajstić information content (AvgIpc) is 2.89. The first-order chi connectivity index (χ1) is 10.0. The molecule has 0 saturated carbocycles. The van der Waals surface area contributed by atoms with E-state index in [4.69, 9.17) is 4.42 Å². The zero-order valence-electron chi connectivity index (χ0n) is 11.8. The number of hydrogen-bond acceptors (Lipinski definition) is 4. The number of benzene rings is 1. The summed E-state index contributed by atoms with van der Waals surface area (Å²) >= 11 is 0. The number of anilines is 2. The number of aryl methyl sites for hydroxylation is 1. The Hall–Kier alpha value is -1.95. The molecule has 1 heterocycles. The molecule has 1 unspecified atom stereocenters. The summed E-state index contributed by atoms with van der Waals surface area (Å²) in [6.45, 7) is 0. The zero-order valence-corrected chi connectivity index (χ0v) is 12.6. The number of hydrogen-bond donors (Lipinski definition) is 2. The third-order valence-corrected chi connectivity index (χ3v) is 4.19. The largest absolute Gasteiger partial charge is 0.469 e. The smallest absolute Gasteiger partial charge is 0.229 e. The van der Waals surface area contributed by atoms with E-state index in [2.05, 4.69) is 10.0 Å². The van der Waals surface area contributed by atoms with Crippen LogP contribution in [-0.2, 0) is 16.4 Å². The topological polar surface area (TPSA) is 71.3 Å². The minimum atomic E-state index is -3.23. The lowest BCUT2D eigenvalue weighted by atomic mass is 9.93. The predicted octanol–water partition coefficient (Wildman–Crippen LogP) is 3.14. The molecular weight excluding hydrogens is 288 g/mol. The monoisotopic (exact) mass is 306 g/mol. The van der Waals surface area contributed by atoms with E-state index in [1.807, 2.05) is 18.2 Å². The summed E-state index contributed by atoms with van der Waals surface area (Å²) in [6, 6.07) is 9.53. The van der Waals surface area contributed by atoms with Gasteiger partial charge in [-0.05, 0) is 43.2 Å². The minimum Gasteiger partial charge on any atom is -0.469 e. The van der Waals surface area contributed by atoms with Crippen LogP contribution >= 0.6 is 0 Å². The van der Waals surface area contributed by atoms with Crippen LogP contribution in [0.1, 0.15) is 30.2 Å². The molecule has 0 radical (unpaired) electrons. The Labute approximate surface area is 124 Å². The standard InChI is InChI=1S/C15H18N2O3S/c1-21(18,19)17-12-7-5-11(6-8-12)16-14-3-2-4-15-13(14)9-10-20-15/h5-10,14,16-17H,2-4H2,1H3. The third kappa shape index (κ3) is 3.39. The maximum absolute atomic E-state index is 11.2. The highest BCUT2D eigenvalue weighted by molar-refractivity contribution is 7.92. The van der Waals surface area contributed by atoms with Crippen molar-refractivity contribution in [1.82, 2.24) is 0 Å². The maximum atomic E-state index is 11.2. The lowest BCUT2D eigenvalue weighted by Crippen LogP contribution is -2.16. The summed E-state index contributed by atoms with van der Waals surface area (Å²) in [5.41, 5.74) is 2.75. The molecule has 1 aromatic carbocycles. The number of sulfonamides is 1. The van der Waals surface area contributed by atoms with Crippen molar-refractivity contribution in [2.75, 3.05) is 16.3 Å². The van der Waals surface area contributed by atoms with E-state index in [1.54, 1.807) is 18.4 Å². The average molecular weight is 306 g/mol. The molecule has 1 atom stereocenters. The van der Waals surface area contributed by atoms with E-state index in [-0.39, 0.29) is 6.04 Å². The highest BCUT2D eigenvalue weighted by atomic mass is 32.2. The van der Waals surface area contributed by atoms with Crippen LogP contribution < -0.4 is 10.0 Å². The van der Waals surface area contributed by atoms with Gasteiger partial charge in [-0.15, -0.1) is 0 Å². The van der Waals surface area contributed by atoms with Crippen molar-refractivity contribution in [3.63, 3.8) is 0 Å². The molecule has 2 aromatic rings. The molecule has 112 valence electrons. The highest BCUT2D eigenvalue weighted by Crippen LogP contribution is 2.33. The van der Waals surface area contributed by atoms with E-state index in [0.29, 0.717) is 5.69 Å². The SMILES string of the molecule is CS(=O)(=O)Nc1ccc(NC2CCCc3occc32)cc1. The fourth-order valence-electron chi connectivity index (χ4n) is 2.69. The molecule has 1 aliphatic rings. The van der Waals surface area contributed by atoms with Crippen LogP contribution in [0.25, 0.3) is 0 Å². The molecule has 1 aromatic heterocycles. The Kier molecular flexibility index (Phi) is 3.63. The van der Waals surface area contributed by atoms with Crippen LogP contribution in [0.15, 0.2) is 41.0 Å². The van der Waals surface area contributed by atoms with Crippen molar-refractivity contribution in [3.8, 4) is 0 Å². The fourth-order valence-corrected chi connectivity index (χ4v) is 3.25. The summed E-state index contributed by atoms with van der Waals surface area (Å²) in [7, 11) is -3.23. The van der Waals surface area contributed by atoms with Crippen LogP contribution in [0.4, 0.5) is 11.4 Å². The Morgan fingerprint density at radius 1 is 1.14 bits per heavy atom. The van der Waals surface area contributed by atoms with Gasteiger partial charge in [-0.3, -0.25) is 4.72 Å². The van der Waals surface area contributed by atoms with E-state index in [0.717, 1.165) is 37.0 Å². The molecule has 0 aliphatic heterocycles. The van der Waals surface area contributed by atoms with Crippen molar-refractivity contribution in [1.29, 1.82) is 0 Å². The maximum Gasteiger partial charge on any atom is 0.229 e. The van der Waals surface area contributed by atoms with Crippen LogP contribution in [0.3, 0.4) is 0 Å². The first kappa shape index (κ1) is 14.0. The molecule has 0 saturated heterocycles. The first-order valence-corrected chi connectivity index (χ1v) is 8.81. The van der Waals surface area contributed by atoms with Gasteiger partial charge < -0.3 is 9.73 Å². The molecule has 6 heteroatoms. The van der Waals surface area contributed by atoms with Crippen molar-refractivity contribution in [2.45, 2.75) is 25.3 Å². The van der Waals surface area contributed by atoms with E-state index >= 15 is 0 Å². The lowest BCUT2D eigenvalue weighted by molar-refractivity contribution is 0.461. The Bertz CT molecular complexity index is 720. The highest BCUT2D eigenvalue weighted by Gasteiger charge is 2.22. The Morgan fingerprint density at radius 2 is 1.86 bits per heavy atom. The summed E-state index contributed by atoms with van der Waals surface area (Å²) in [5.74, 6) is 1.06. The lowest BCUT2D eigenvalue weighted by Gasteiger charge is -2.23. The van der Waals surface area contributed by atoms with Gasteiger partial charge in [0.25, 0.3) is 0 Å². The van der Waals surface area contributed by atoms with Crippen LogP contribution in [0.5, 0.6) is 0 Å². The second kappa shape index (κ2) is 5.44. The molecule has 21 heavy (non-hydrogen) atoms. The molecule has 0 amide bonds. The molecule has 0 bridgehead atoms. The summed E-state index contributed by atoms with van der Waals surface area (Å²) in [5, 5.41) is 3.48. The Morgan fingerprint density at radius 3 is 2.57 bits per heavy atom. The molecule has 3 rings (SSSR count). The zero-order chi connectivity index (χ0) is 14.9. The van der Waals surface area contributed by atoms with Crippen molar-refractivity contribution in [3.05, 3.63) is 47.9 Å². The number of nitrogens with one attached hydrogen (secondary N) is 2. The van der Waals surface area contributed by atoms with Gasteiger partial charge in [0.15, 0.2) is 0 Å². The second-order valence-corrected chi connectivity index (χ2v) is 7.09. The molecular formula is C15H18N2O3S. The van der Waals surface area contributed by atoms with E-state index < -0.39 is 10.0 Å². The van der Waals surface area contributed by atoms with E-state index in [9.17, 15) is 8.42 Å². The minimum absolute atomic E-state index is 0.251. The molecule has 0 spiro atoms. The molecule has 1 aliphatic carbocycles. The van der Waals surface area contributed by atoms with Crippen LogP contribution in [0.2, 0.25) is 0 Å². The number of furan rings is 1. The second-order valence-electron chi connectivity index (χ2n) is 5.34. The van der Waals surface area contributed by atoms with Crippen molar-refractivity contribution < 1.29 is 12.8 Å². The van der Waals surface area contributed by atoms with Gasteiger partial charge in [0.2, 0.25) is 10.0 Å². The van der Waals surface area contributed by atoms with Crippen LogP contribution in [-0.4, -0.2) is 14.7 Å². The number of rotatable bonds is 4. The molecule has 5 nitrogen and oxygen atoms in total. The van der Waals surface area contributed by atoms with Gasteiger partial charge in [-0.2, -0.15) is 0 Å². The van der Waals surface area contributed by atoms with Gasteiger partial charge in [-0.25, -0.2) is 8.42 Å². The fraction of sp³-hybridized carbons (Fsp3) is 0.333. The van der Waals surface area contributed by atoms with E-state index in [1.165, 1.54) is 5.56 Å². The predicted molar refractivity (Wildman–Crippen MR) is 82.9 cm³/mol. The normalized spacial score (nSPS) is 18.0. The van der Waals surface area contributed by atoms with Crippen molar-refractivity contribution in [2.24, 2.45) is 0 Å². The summed E-state index contributed by atoms with van der Waals surface area (Å²) in [4.78, 5) is 0. The van der Waals surface area contributed by atoms with Gasteiger partial charge in [0.05, 0.1) is 18.6 Å². The van der Waals surface area contributed by atoms with Gasteiger partial charge in [0, 0.05) is 23.4 Å². The quantitative estimate of drug-likeness (QED) is 0.910. The van der Waals surface area contributed by atoms with Crippen LogP contribution in [0, 0.1) is 0 Å². The first-order valence-electron chi connectivity index (χ1n) is 6.92. The molecule has 0 fully saturated rings. The number of fused-ring (bicyclic) bond motifs is 1. The summed E-state index contributed by atoms with van der Waals surface area (Å²) in [6.07, 6.45) is 6.05. The van der Waals surface area contributed by atoms with Gasteiger partial charge in [0.1, 0.15) is 5.76 Å². The van der Waals surface area contributed by atoms with Crippen molar-refractivity contribution >= 4 is 21.4 Å². The third-order valence-electron chi connectivity index (χ3n) is 3.58.